The van der Waals surface area contributed by atoms with Gasteiger partial charge in [0.25, 0.3) is 0 Å². The highest BCUT2D eigenvalue weighted by atomic mass is 35.5. The van der Waals surface area contributed by atoms with Gasteiger partial charge in [-0.05, 0) is 45.4 Å². The van der Waals surface area contributed by atoms with Crippen LogP contribution in [0.2, 0.25) is 0 Å². The molecular weight excluding hydrogens is 368 g/mol. The minimum absolute atomic E-state index is 0. The number of benzene rings is 1. The first-order valence-electron chi connectivity index (χ1n) is 8.85. The Morgan fingerprint density at radius 2 is 1.96 bits per heavy atom. The van der Waals surface area contributed by atoms with Crippen LogP contribution in [-0.4, -0.2) is 50.8 Å². The van der Waals surface area contributed by atoms with E-state index in [9.17, 15) is 14.7 Å². The van der Waals surface area contributed by atoms with E-state index in [4.69, 9.17) is 0 Å². The van der Waals surface area contributed by atoms with E-state index >= 15 is 0 Å². The number of carbonyl (C=O) groups is 2. The molecule has 1 aromatic carbocycles. The summed E-state index contributed by atoms with van der Waals surface area (Å²) in [4.78, 5) is 25.5. The Bertz CT molecular complexity index is 807. The number of aromatic nitrogens is 2. The lowest BCUT2D eigenvalue weighted by molar-refractivity contribution is -0.142. The maximum absolute atomic E-state index is 12.4. The molecule has 0 aliphatic carbocycles. The molecule has 7 nitrogen and oxygen atoms in total. The smallest absolute Gasteiger partial charge is 0.320 e. The summed E-state index contributed by atoms with van der Waals surface area (Å²) in [6.45, 7) is 4.97. The Morgan fingerprint density at radius 1 is 1.26 bits per heavy atom. The number of likely N-dealkylation sites (tertiary alicyclic amines) is 1. The minimum atomic E-state index is -0.807. The zero-order chi connectivity index (χ0) is 18.7. The van der Waals surface area contributed by atoms with E-state index in [0.29, 0.717) is 13.0 Å². The molecule has 8 heteroatoms. The number of nitrogens with zero attached hydrogens (tertiary/aromatic N) is 3. The first-order chi connectivity index (χ1) is 12.5. The van der Waals surface area contributed by atoms with E-state index in [0.717, 1.165) is 35.7 Å². The van der Waals surface area contributed by atoms with Crippen LogP contribution in [0.3, 0.4) is 0 Å². The highest BCUT2D eigenvalue weighted by Gasteiger charge is 2.30. The van der Waals surface area contributed by atoms with Crippen molar-refractivity contribution in [2.45, 2.75) is 39.2 Å². The number of hydrogen-bond acceptors (Lipinski definition) is 4. The number of carboxylic acids is 1. The van der Waals surface area contributed by atoms with Crippen molar-refractivity contribution in [3.05, 3.63) is 41.7 Å². The van der Waals surface area contributed by atoms with E-state index < -0.39 is 12.0 Å². The minimum Gasteiger partial charge on any atom is -0.480 e. The first-order valence-corrected chi connectivity index (χ1v) is 8.85. The van der Waals surface area contributed by atoms with Gasteiger partial charge < -0.3 is 10.4 Å². The van der Waals surface area contributed by atoms with Crippen molar-refractivity contribution in [3.63, 3.8) is 0 Å². The summed E-state index contributed by atoms with van der Waals surface area (Å²) in [5, 5.41) is 16.7. The molecule has 27 heavy (non-hydrogen) atoms. The normalized spacial score (nSPS) is 16.7. The number of para-hydroxylation sites is 1. The maximum atomic E-state index is 12.4. The van der Waals surface area contributed by atoms with Crippen molar-refractivity contribution in [1.29, 1.82) is 0 Å². The third-order valence-electron chi connectivity index (χ3n) is 4.83. The number of aryl methyl sites for hydroxylation is 1. The van der Waals surface area contributed by atoms with Gasteiger partial charge in [-0.1, -0.05) is 18.2 Å². The standard InChI is InChI=1S/C19H24N4O3.ClH/c1-13-18(14(2)23(21-13)15-7-4-3-5-8-15)20-17(24)10-12-22-11-6-9-16(22)19(25)26;/h3-5,7-8,16H,6,9-12H2,1-2H3,(H,20,24)(H,25,26);1H/t16-;/m1./s1. The van der Waals surface area contributed by atoms with Crippen molar-refractivity contribution in [3.8, 4) is 5.69 Å². The van der Waals surface area contributed by atoms with Gasteiger partial charge in [-0.15, -0.1) is 12.4 Å². The van der Waals surface area contributed by atoms with Crippen LogP contribution in [-0.2, 0) is 9.59 Å². The van der Waals surface area contributed by atoms with Gasteiger partial charge >= 0.3 is 5.97 Å². The third-order valence-corrected chi connectivity index (χ3v) is 4.83. The molecule has 0 bridgehead atoms. The fourth-order valence-electron chi connectivity index (χ4n) is 3.46. The number of aliphatic carboxylic acids is 1. The maximum Gasteiger partial charge on any atom is 0.320 e. The van der Waals surface area contributed by atoms with E-state index in [1.54, 1.807) is 0 Å². The molecule has 1 aliphatic rings. The van der Waals surface area contributed by atoms with Gasteiger partial charge in [0.1, 0.15) is 6.04 Å². The monoisotopic (exact) mass is 392 g/mol. The van der Waals surface area contributed by atoms with Crippen LogP contribution in [0.25, 0.3) is 5.69 Å². The summed E-state index contributed by atoms with van der Waals surface area (Å²) in [6, 6.07) is 9.29. The number of amides is 1. The Balaban J connectivity index is 0.00000261. The molecule has 2 N–H and O–H groups in total. The summed E-state index contributed by atoms with van der Waals surface area (Å²) in [5.41, 5.74) is 3.28. The van der Waals surface area contributed by atoms with Crippen LogP contribution < -0.4 is 5.32 Å². The number of carbonyl (C=O) groups excluding carboxylic acids is 1. The fourth-order valence-corrected chi connectivity index (χ4v) is 3.46. The van der Waals surface area contributed by atoms with Gasteiger partial charge in [-0.2, -0.15) is 5.10 Å². The highest BCUT2D eigenvalue weighted by molar-refractivity contribution is 5.92. The second-order valence-electron chi connectivity index (χ2n) is 6.62. The summed E-state index contributed by atoms with van der Waals surface area (Å²) in [6.07, 6.45) is 1.78. The molecular formula is C19H25ClN4O3. The number of carboxylic acid groups (broad SMARTS) is 1. The molecule has 1 fully saturated rings. The number of hydrogen-bond donors (Lipinski definition) is 2. The molecule has 0 radical (unpaired) electrons. The van der Waals surface area contributed by atoms with Crippen LogP contribution in [0.5, 0.6) is 0 Å². The van der Waals surface area contributed by atoms with Crippen LogP contribution >= 0.6 is 12.4 Å². The molecule has 0 saturated carbocycles. The van der Waals surface area contributed by atoms with Crippen LogP contribution in [0.4, 0.5) is 5.69 Å². The molecule has 2 heterocycles. The lowest BCUT2D eigenvalue weighted by atomic mass is 10.2. The third kappa shape index (κ3) is 4.67. The van der Waals surface area contributed by atoms with Gasteiger partial charge in [0.15, 0.2) is 0 Å². The second kappa shape index (κ2) is 9.01. The van der Waals surface area contributed by atoms with Crippen molar-refractivity contribution in [2.75, 3.05) is 18.4 Å². The number of rotatable bonds is 6. The molecule has 0 unspecified atom stereocenters. The van der Waals surface area contributed by atoms with Gasteiger partial charge in [0, 0.05) is 13.0 Å². The average Bonchev–Trinajstić information content (AvgIpc) is 3.21. The Kier molecular flexibility index (Phi) is 6.98. The van der Waals surface area contributed by atoms with Gasteiger partial charge in [-0.3, -0.25) is 14.5 Å². The van der Waals surface area contributed by atoms with Crippen molar-refractivity contribution in [1.82, 2.24) is 14.7 Å². The predicted octanol–water partition coefficient (Wildman–Crippen LogP) is 2.79. The Labute approximate surface area is 164 Å². The lowest BCUT2D eigenvalue weighted by Crippen LogP contribution is -2.37. The van der Waals surface area contributed by atoms with E-state index in [1.165, 1.54) is 0 Å². The summed E-state index contributed by atoms with van der Waals surface area (Å²) in [5.74, 6) is -0.932. The second-order valence-corrected chi connectivity index (χ2v) is 6.62. The van der Waals surface area contributed by atoms with Gasteiger partial charge in [0.05, 0.1) is 22.8 Å². The molecule has 146 valence electrons. The Hall–Kier alpha value is -2.38. The molecule has 1 aromatic heterocycles. The molecule has 3 rings (SSSR count). The summed E-state index contributed by atoms with van der Waals surface area (Å²) < 4.78 is 1.81. The quantitative estimate of drug-likeness (QED) is 0.789. The topological polar surface area (TPSA) is 87.5 Å². The number of halogens is 1. The fraction of sp³-hybridized carbons (Fsp3) is 0.421. The zero-order valence-corrected chi connectivity index (χ0v) is 16.3. The molecule has 0 spiro atoms. The van der Waals surface area contributed by atoms with E-state index in [-0.39, 0.29) is 24.7 Å². The molecule has 2 aromatic rings. The average molecular weight is 393 g/mol. The Morgan fingerprint density at radius 3 is 2.63 bits per heavy atom. The number of nitrogens with one attached hydrogen (secondary N) is 1. The molecule has 1 aliphatic heterocycles. The lowest BCUT2D eigenvalue weighted by Gasteiger charge is -2.20. The summed E-state index contributed by atoms with van der Waals surface area (Å²) in [7, 11) is 0. The van der Waals surface area contributed by atoms with E-state index in [2.05, 4.69) is 10.4 Å². The zero-order valence-electron chi connectivity index (χ0n) is 15.5. The summed E-state index contributed by atoms with van der Waals surface area (Å²) >= 11 is 0. The highest BCUT2D eigenvalue weighted by Crippen LogP contribution is 2.23. The SMILES string of the molecule is Cc1nn(-c2ccccc2)c(C)c1NC(=O)CCN1CCC[C@@H]1C(=O)O.Cl. The molecule has 1 amide bonds. The predicted molar refractivity (Wildman–Crippen MR) is 106 cm³/mol. The van der Waals surface area contributed by atoms with E-state index in [1.807, 2.05) is 53.8 Å². The van der Waals surface area contributed by atoms with Gasteiger partial charge in [-0.25, -0.2) is 4.68 Å². The van der Waals surface area contributed by atoms with Crippen molar-refractivity contribution < 1.29 is 14.7 Å². The van der Waals surface area contributed by atoms with Crippen LogP contribution in [0, 0.1) is 13.8 Å². The molecule has 1 atom stereocenters. The van der Waals surface area contributed by atoms with Crippen LogP contribution in [0.1, 0.15) is 30.7 Å². The first kappa shape index (κ1) is 20.9. The molecule has 1 saturated heterocycles. The van der Waals surface area contributed by atoms with Crippen LogP contribution in [0.15, 0.2) is 30.3 Å². The van der Waals surface area contributed by atoms with Crippen molar-refractivity contribution in [2.24, 2.45) is 0 Å². The van der Waals surface area contributed by atoms with Gasteiger partial charge in [0.2, 0.25) is 5.91 Å². The largest absolute Gasteiger partial charge is 0.480 e. The number of anilines is 1. The van der Waals surface area contributed by atoms with Crippen molar-refractivity contribution >= 4 is 30.0 Å².